The first-order valence-electron chi connectivity index (χ1n) is 6.49. The van der Waals surface area contributed by atoms with Crippen molar-refractivity contribution in [1.29, 1.82) is 0 Å². The summed E-state index contributed by atoms with van der Waals surface area (Å²) in [6, 6.07) is 12.9. The van der Waals surface area contributed by atoms with Crippen LogP contribution < -0.4 is 10.2 Å². The van der Waals surface area contributed by atoms with Gasteiger partial charge in [-0.15, -0.1) is 0 Å². The summed E-state index contributed by atoms with van der Waals surface area (Å²) >= 11 is 3.30. The Balaban J connectivity index is 1.80. The van der Waals surface area contributed by atoms with Crippen LogP contribution in [0.5, 0.6) is 5.75 Å². The second kappa shape index (κ2) is 8.04. The van der Waals surface area contributed by atoms with Crippen molar-refractivity contribution < 1.29 is 14.5 Å². The second-order valence-electron chi connectivity index (χ2n) is 4.39. The van der Waals surface area contributed by atoms with Gasteiger partial charge in [0.05, 0.1) is 11.1 Å². The predicted molar refractivity (Wildman–Crippen MR) is 88.5 cm³/mol. The normalized spacial score (nSPS) is 10.5. The number of nitro groups is 1. The van der Waals surface area contributed by atoms with E-state index in [4.69, 9.17) is 4.74 Å². The van der Waals surface area contributed by atoms with Gasteiger partial charge >= 0.3 is 0 Å². The minimum atomic E-state index is -0.484. The zero-order chi connectivity index (χ0) is 16.7. The Labute approximate surface area is 140 Å². The SMILES string of the molecule is O=C(COc1cccc(Br)c1)N/N=C\c1ccc([N+](=O)[O-])cc1. The molecule has 0 aliphatic carbocycles. The first kappa shape index (κ1) is 16.6. The molecular weight excluding hydrogens is 366 g/mol. The Morgan fingerprint density at radius 2 is 2.04 bits per heavy atom. The van der Waals surface area contributed by atoms with Crippen LogP contribution in [-0.2, 0) is 4.79 Å². The van der Waals surface area contributed by atoms with Crippen molar-refractivity contribution in [3.05, 3.63) is 68.7 Å². The molecule has 0 spiro atoms. The van der Waals surface area contributed by atoms with E-state index in [2.05, 4.69) is 26.5 Å². The van der Waals surface area contributed by atoms with E-state index in [0.717, 1.165) is 4.47 Å². The van der Waals surface area contributed by atoms with Crippen molar-refractivity contribution in [1.82, 2.24) is 5.43 Å². The van der Waals surface area contributed by atoms with Crippen molar-refractivity contribution in [3.63, 3.8) is 0 Å². The third-order valence-electron chi connectivity index (χ3n) is 2.67. The standard InChI is InChI=1S/C15H12BrN3O4/c16-12-2-1-3-14(8-12)23-10-15(20)18-17-9-11-4-6-13(7-5-11)19(21)22/h1-9H,10H2,(H,18,20)/b17-9-. The highest BCUT2D eigenvalue weighted by molar-refractivity contribution is 9.10. The number of benzene rings is 2. The molecule has 8 heteroatoms. The number of amides is 1. The van der Waals surface area contributed by atoms with Crippen molar-refractivity contribution in [2.24, 2.45) is 5.10 Å². The maximum Gasteiger partial charge on any atom is 0.277 e. The van der Waals surface area contributed by atoms with Crippen LogP contribution in [0.1, 0.15) is 5.56 Å². The number of non-ortho nitro benzene ring substituents is 1. The number of hydrazone groups is 1. The maximum absolute atomic E-state index is 11.6. The zero-order valence-electron chi connectivity index (χ0n) is 11.8. The lowest BCUT2D eigenvalue weighted by Crippen LogP contribution is -2.24. The number of carbonyl (C=O) groups excluding carboxylic acids is 1. The summed E-state index contributed by atoms with van der Waals surface area (Å²) in [7, 11) is 0. The molecule has 0 radical (unpaired) electrons. The Morgan fingerprint density at radius 3 is 2.70 bits per heavy atom. The minimum Gasteiger partial charge on any atom is -0.484 e. The molecule has 0 unspecified atom stereocenters. The maximum atomic E-state index is 11.6. The van der Waals surface area contributed by atoms with Gasteiger partial charge < -0.3 is 4.74 Å². The van der Waals surface area contributed by atoms with Gasteiger partial charge in [0.2, 0.25) is 0 Å². The Morgan fingerprint density at radius 1 is 1.30 bits per heavy atom. The third kappa shape index (κ3) is 5.51. The Hall–Kier alpha value is -2.74. The molecule has 2 aromatic rings. The zero-order valence-corrected chi connectivity index (χ0v) is 13.4. The van der Waals surface area contributed by atoms with E-state index in [1.54, 1.807) is 18.2 Å². The lowest BCUT2D eigenvalue weighted by Gasteiger charge is -2.04. The van der Waals surface area contributed by atoms with Crippen LogP contribution in [-0.4, -0.2) is 23.7 Å². The van der Waals surface area contributed by atoms with Crippen molar-refractivity contribution in [3.8, 4) is 5.75 Å². The van der Waals surface area contributed by atoms with E-state index in [1.165, 1.54) is 30.5 Å². The first-order chi connectivity index (χ1) is 11.0. The number of hydrogen-bond donors (Lipinski definition) is 1. The molecule has 0 heterocycles. The molecule has 0 aliphatic heterocycles. The smallest absolute Gasteiger partial charge is 0.277 e. The summed E-state index contributed by atoms with van der Waals surface area (Å²) in [5.74, 6) is 0.150. The van der Waals surface area contributed by atoms with E-state index < -0.39 is 10.8 Å². The number of rotatable bonds is 6. The predicted octanol–water partition coefficient (Wildman–Crippen LogP) is 2.89. The van der Waals surface area contributed by atoms with Crippen LogP contribution in [0.15, 0.2) is 58.1 Å². The number of nitrogens with one attached hydrogen (secondary N) is 1. The van der Waals surface area contributed by atoms with Crippen LogP contribution in [0, 0.1) is 10.1 Å². The van der Waals surface area contributed by atoms with Crippen molar-refractivity contribution in [2.75, 3.05) is 6.61 Å². The average Bonchev–Trinajstić information content (AvgIpc) is 2.53. The number of nitrogens with zero attached hydrogens (tertiary/aromatic N) is 2. The number of nitro benzene ring substituents is 1. The molecule has 1 N–H and O–H groups in total. The summed E-state index contributed by atoms with van der Waals surface area (Å²) in [6.45, 7) is -0.173. The van der Waals surface area contributed by atoms with Gasteiger partial charge in [-0.25, -0.2) is 5.43 Å². The number of carbonyl (C=O) groups is 1. The molecule has 2 rings (SSSR count). The van der Waals surface area contributed by atoms with Gasteiger partial charge in [0.25, 0.3) is 11.6 Å². The highest BCUT2D eigenvalue weighted by atomic mass is 79.9. The van der Waals surface area contributed by atoms with E-state index in [0.29, 0.717) is 11.3 Å². The first-order valence-corrected chi connectivity index (χ1v) is 7.28. The van der Waals surface area contributed by atoms with Gasteiger partial charge in [-0.1, -0.05) is 22.0 Å². The van der Waals surface area contributed by atoms with E-state index in [-0.39, 0.29) is 12.3 Å². The number of ether oxygens (including phenoxy) is 1. The second-order valence-corrected chi connectivity index (χ2v) is 5.30. The third-order valence-corrected chi connectivity index (χ3v) is 3.17. The molecule has 0 aliphatic rings. The molecule has 0 fully saturated rings. The van der Waals surface area contributed by atoms with Crippen LogP contribution >= 0.6 is 15.9 Å². The highest BCUT2D eigenvalue weighted by Crippen LogP contribution is 2.17. The highest BCUT2D eigenvalue weighted by Gasteiger charge is 2.03. The van der Waals surface area contributed by atoms with Gasteiger partial charge in [-0.3, -0.25) is 14.9 Å². The van der Waals surface area contributed by atoms with E-state index in [9.17, 15) is 14.9 Å². The van der Waals surface area contributed by atoms with Crippen molar-refractivity contribution in [2.45, 2.75) is 0 Å². The van der Waals surface area contributed by atoms with Gasteiger partial charge in [0, 0.05) is 16.6 Å². The summed E-state index contributed by atoms with van der Waals surface area (Å²) < 4.78 is 6.16. The lowest BCUT2D eigenvalue weighted by atomic mass is 10.2. The summed E-state index contributed by atoms with van der Waals surface area (Å²) in [5, 5.41) is 14.3. The molecule has 2 aromatic carbocycles. The monoisotopic (exact) mass is 377 g/mol. The quantitative estimate of drug-likeness (QED) is 0.475. The molecule has 0 saturated heterocycles. The van der Waals surface area contributed by atoms with Crippen LogP contribution in [0.2, 0.25) is 0 Å². The van der Waals surface area contributed by atoms with Crippen LogP contribution in [0.3, 0.4) is 0 Å². The number of hydrogen-bond acceptors (Lipinski definition) is 5. The lowest BCUT2D eigenvalue weighted by molar-refractivity contribution is -0.384. The summed E-state index contributed by atoms with van der Waals surface area (Å²) in [4.78, 5) is 21.6. The van der Waals surface area contributed by atoms with Crippen LogP contribution in [0.25, 0.3) is 0 Å². The van der Waals surface area contributed by atoms with E-state index in [1.807, 2.05) is 6.07 Å². The molecule has 0 aromatic heterocycles. The van der Waals surface area contributed by atoms with Gasteiger partial charge in [0.1, 0.15) is 5.75 Å². The van der Waals surface area contributed by atoms with Gasteiger partial charge in [-0.2, -0.15) is 5.10 Å². The summed E-state index contributed by atoms with van der Waals surface area (Å²) in [5.41, 5.74) is 2.94. The van der Waals surface area contributed by atoms with E-state index >= 15 is 0 Å². The fourth-order valence-electron chi connectivity index (χ4n) is 1.60. The number of halogens is 1. The minimum absolute atomic E-state index is 0.00592. The molecular formula is C15H12BrN3O4. The van der Waals surface area contributed by atoms with Crippen molar-refractivity contribution >= 4 is 33.7 Å². The average molecular weight is 378 g/mol. The molecule has 7 nitrogen and oxygen atoms in total. The molecule has 23 heavy (non-hydrogen) atoms. The molecule has 118 valence electrons. The fourth-order valence-corrected chi connectivity index (χ4v) is 1.98. The molecule has 0 bridgehead atoms. The topological polar surface area (TPSA) is 93.8 Å². The Bertz CT molecular complexity index is 732. The fraction of sp³-hybridized carbons (Fsp3) is 0.0667. The molecule has 0 saturated carbocycles. The Kier molecular flexibility index (Phi) is 5.81. The largest absolute Gasteiger partial charge is 0.484 e. The molecule has 1 amide bonds. The summed E-state index contributed by atoms with van der Waals surface area (Å²) in [6.07, 6.45) is 1.39. The molecule has 0 atom stereocenters. The van der Waals surface area contributed by atoms with Gasteiger partial charge in [-0.05, 0) is 35.9 Å². The van der Waals surface area contributed by atoms with Gasteiger partial charge in [0.15, 0.2) is 6.61 Å². The van der Waals surface area contributed by atoms with Crippen LogP contribution in [0.4, 0.5) is 5.69 Å².